The van der Waals surface area contributed by atoms with Gasteiger partial charge >= 0.3 is 5.97 Å². The van der Waals surface area contributed by atoms with Crippen molar-refractivity contribution < 1.29 is 24.2 Å². The van der Waals surface area contributed by atoms with Crippen LogP contribution >= 0.6 is 0 Å². The molecule has 1 aliphatic carbocycles. The number of carboxylic acid groups (broad SMARTS) is 1. The molecule has 1 saturated carbocycles. The number of rotatable bonds is 6. The molecule has 7 heteroatoms. The van der Waals surface area contributed by atoms with Gasteiger partial charge in [-0.25, -0.2) is 0 Å². The first kappa shape index (κ1) is 18.8. The van der Waals surface area contributed by atoms with Crippen LogP contribution in [0.2, 0.25) is 0 Å². The van der Waals surface area contributed by atoms with E-state index in [1.54, 1.807) is 31.2 Å². The Labute approximate surface area is 146 Å². The lowest BCUT2D eigenvalue weighted by atomic mass is 9.74. The van der Waals surface area contributed by atoms with Crippen molar-refractivity contribution in [2.75, 3.05) is 13.7 Å². The lowest BCUT2D eigenvalue weighted by Gasteiger charge is -2.39. The number of nitrogens with one attached hydrogen (secondary N) is 2. The quantitative estimate of drug-likeness (QED) is 0.724. The van der Waals surface area contributed by atoms with Crippen LogP contribution in [0.25, 0.3) is 0 Å². The molecule has 1 aromatic carbocycles. The van der Waals surface area contributed by atoms with Gasteiger partial charge in [0, 0.05) is 5.56 Å². The van der Waals surface area contributed by atoms with E-state index < -0.39 is 29.2 Å². The maximum absolute atomic E-state index is 12.2. The van der Waals surface area contributed by atoms with Crippen molar-refractivity contribution in [2.45, 2.75) is 38.1 Å². The third kappa shape index (κ3) is 4.71. The largest absolute Gasteiger partial charge is 0.497 e. The molecule has 2 atom stereocenters. The normalized spacial score (nSPS) is 22.7. The van der Waals surface area contributed by atoms with E-state index in [9.17, 15) is 19.5 Å². The Morgan fingerprint density at radius 1 is 1.32 bits per heavy atom. The van der Waals surface area contributed by atoms with Crippen LogP contribution in [0, 0.1) is 5.92 Å². The molecule has 0 aliphatic heterocycles. The van der Waals surface area contributed by atoms with Crippen molar-refractivity contribution in [1.82, 2.24) is 10.6 Å². The summed E-state index contributed by atoms with van der Waals surface area (Å²) in [7, 11) is 1.51. The van der Waals surface area contributed by atoms with Crippen LogP contribution < -0.4 is 15.4 Å². The third-order valence-corrected chi connectivity index (χ3v) is 4.67. The lowest BCUT2D eigenvalue weighted by molar-refractivity contribution is -0.146. The molecule has 2 unspecified atom stereocenters. The molecule has 2 amide bonds. The molecule has 136 valence electrons. The monoisotopic (exact) mass is 348 g/mol. The van der Waals surface area contributed by atoms with Gasteiger partial charge in [-0.1, -0.05) is 18.9 Å². The van der Waals surface area contributed by atoms with Gasteiger partial charge in [0.1, 0.15) is 5.75 Å². The molecule has 1 aromatic rings. The Morgan fingerprint density at radius 3 is 2.76 bits per heavy atom. The number of methoxy groups -OCH3 is 1. The van der Waals surface area contributed by atoms with Gasteiger partial charge in [0.25, 0.3) is 5.91 Å². The highest BCUT2D eigenvalue weighted by molar-refractivity contribution is 5.96. The zero-order chi connectivity index (χ0) is 18.4. The highest BCUT2D eigenvalue weighted by Crippen LogP contribution is 2.33. The van der Waals surface area contributed by atoms with Crippen molar-refractivity contribution in [3.05, 3.63) is 29.8 Å². The number of carbonyl (C=O) groups is 3. The summed E-state index contributed by atoms with van der Waals surface area (Å²) in [6, 6.07) is 6.61. The highest BCUT2D eigenvalue weighted by atomic mass is 16.5. The predicted octanol–water partition coefficient (Wildman–Crippen LogP) is 1.57. The first-order chi connectivity index (χ1) is 11.9. The zero-order valence-corrected chi connectivity index (χ0v) is 14.5. The fourth-order valence-corrected chi connectivity index (χ4v) is 3.27. The smallest absolute Gasteiger partial charge is 0.308 e. The van der Waals surface area contributed by atoms with Crippen molar-refractivity contribution in [3.63, 3.8) is 0 Å². The number of ether oxygens (including phenoxy) is 1. The lowest BCUT2D eigenvalue weighted by Crippen LogP contribution is -2.57. The number of carboxylic acids is 1. The summed E-state index contributed by atoms with van der Waals surface area (Å²) in [4.78, 5) is 35.8. The maximum Gasteiger partial charge on any atom is 0.308 e. The summed E-state index contributed by atoms with van der Waals surface area (Å²) in [5, 5.41) is 14.7. The summed E-state index contributed by atoms with van der Waals surface area (Å²) in [5.74, 6) is -1.75. The average molecular weight is 348 g/mol. The molecule has 0 aromatic heterocycles. The Hall–Kier alpha value is -2.57. The Kier molecular flexibility index (Phi) is 6.01. The summed E-state index contributed by atoms with van der Waals surface area (Å²) in [6.45, 7) is 1.55. The number of aliphatic carboxylic acids is 1. The van der Waals surface area contributed by atoms with E-state index >= 15 is 0 Å². The van der Waals surface area contributed by atoms with Crippen LogP contribution in [-0.4, -0.2) is 42.1 Å². The first-order valence-corrected chi connectivity index (χ1v) is 8.32. The van der Waals surface area contributed by atoms with Gasteiger partial charge in [-0.2, -0.15) is 0 Å². The van der Waals surface area contributed by atoms with Gasteiger partial charge in [0.15, 0.2) is 0 Å². The molecule has 1 fully saturated rings. The van der Waals surface area contributed by atoms with Gasteiger partial charge in [0.05, 0.1) is 25.1 Å². The van der Waals surface area contributed by atoms with Gasteiger partial charge in [-0.15, -0.1) is 0 Å². The summed E-state index contributed by atoms with van der Waals surface area (Å²) in [6.07, 6.45) is 2.87. The summed E-state index contributed by atoms with van der Waals surface area (Å²) < 4.78 is 5.06. The fourth-order valence-electron chi connectivity index (χ4n) is 3.27. The van der Waals surface area contributed by atoms with E-state index in [0.29, 0.717) is 24.2 Å². The van der Waals surface area contributed by atoms with Crippen LogP contribution in [0.4, 0.5) is 0 Å². The topological polar surface area (TPSA) is 105 Å². The van der Waals surface area contributed by atoms with E-state index in [4.69, 9.17) is 4.74 Å². The second-order valence-electron chi connectivity index (χ2n) is 6.52. The predicted molar refractivity (Wildman–Crippen MR) is 91.5 cm³/mol. The molecule has 0 saturated heterocycles. The molecule has 25 heavy (non-hydrogen) atoms. The van der Waals surface area contributed by atoms with E-state index in [-0.39, 0.29) is 6.54 Å². The standard InChI is InChI=1S/C18H24N2O5/c1-18(9-4-3-8-14(18)17(23)24)20-15(21)11-19-16(22)12-6-5-7-13(10-12)25-2/h5-7,10,14H,3-4,8-9,11H2,1-2H3,(H,19,22)(H,20,21)(H,23,24). The van der Waals surface area contributed by atoms with Crippen LogP contribution in [-0.2, 0) is 9.59 Å². The number of hydrogen-bond donors (Lipinski definition) is 3. The van der Waals surface area contributed by atoms with Gasteiger partial charge in [0.2, 0.25) is 5.91 Å². The molecular formula is C18H24N2O5. The highest BCUT2D eigenvalue weighted by Gasteiger charge is 2.42. The number of amides is 2. The molecule has 0 spiro atoms. The Balaban J connectivity index is 1.93. The number of hydrogen-bond acceptors (Lipinski definition) is 4. The molecular weight excluding hydrogens is 324 g/mol. The molecule has 0 bridgehead atoms. The first-order valence-electron chi connectivity index (χ1n) is 8.32. The van der Waals surface area contributed by atoms with E-state index in [1.807, 2.05) is 0 Å². The minimum Gasteiger partial charge on any atom is -0.497 e. The Morgan fingerprint density at radius 2 is 2.08 bits per heavy atom. The van der Waals surface area contributed by atoms with Crippen LogP contribution in [0.5, 0.6) is 5.75 Å². The van der Waals surface area contributed by atoms with E-state index in [0.717, 1.165) is 12.8 Å². The second-order valence-corrected chi connectivity index (χ2v) is 6.52. The second kappa shape index (κ2) is 8.00. The van der Waals surface area contributed by atoms with E-state index in [1.165, 1.54) is 7.11 Å². The van der Waals surface area contributed by atoms with Crippen molar-refractivity contribution in [1.29, 1.82) is 0 Å². The fraction of sp³-hybridized carbons (Fsp3) is 0.500. The number of benzene rings is 1. The maximum atomic E-state index is 12.2. The molecule has 0 radical (unpaired) electrons. The Bertz CT molecular complexity index is 661. The van der Waals surface area contributed by atoms with Crippen LogP contribution in [0.3, 0.4) is 0 Å². The van der Waals surface area contributed by atoms with Gasteiger partial charge in [-0.05, 0) is 38.0 Å². The molecule has 0 heterocycles. The van der Waals surface area contributed by atoms with Crippen molar-refractivity contribution in [3.8, 4) is 5.75 Å². The van der Waals surface area contributed by atoms with Crippen molar-refractivity contribution in [2.24, 2.45) is 5.92 Å². The minimum absolute atomic E-state index is 0.210. The van der Waals surface area contributed by atoms with Gasteiger partial charge < -0.3 is 20.5 Å². The summed E-state index contributed by atoms with van der Waals surface area (Å²) in [5.41, 5.74) is -0.401. The van der Waals surface area contributed by atoms with Crippen LogP contribution in [0.15, 0.2) is 24.3 Å². The summed E-state index contributed by atoms with van der Waals surface area (Å²) >= 11 is 0. The molecule has 1 aliphatic rings. The minimum atomic E-state index is -0.900. The van der Waals surface area contributed by atoms with Crippen LogP contribution in [0.1, 0.15) is 43.0 Å². The van der Waals surface area contributed by atoms with Crippen molar-refractivity contribution >= 4 is 17.8 Å². The van der Waals surface area contributed by atoms with E-state index in [2.05, 4.69) is 10.6 Å². The number of carbonyl (C=O) groups excluding carboxylic acids is 2. The SMILES string of the molecule is COc1cccc(C(=O)NCC(=O)NC2(C)CCCCC2C(=O)O)c1. The molecule has 2 rings (SSSR count). The zero-order valence-electron chi connectivity index (χ0n) is 14.5. The average Bonchev–Trinajstić information content (AvgIpc) is 2.59. The molecule has 3 N–H and O–H groups in total. The third-order valence-electron chi connectivity index (χ3n) is 4.67. The molecule has 7 nitrogen and oxygen atoms in total. The van der Waals surface area contributed by atoms with Gasteiger partial charge in [-0.3, -0.25) is 14.4 Å².